The molecule has 0 amide bonds. The van der Waals surface area contributed by atoms with E-state index in [4.69, 9.17) is 0 Å². The number of nitrogens with zero attached hydrogens (tertiary/aromatic N) is 4. The van der Waals surface area contributed by atoms with Crippen molar-refractivity contribution in [1.82, 2.24) is 19.9 Å². The van der Waals surface area contributed by atoms with E-state index in [0.717, 1.165) is 44.5 Å². The van der Waals surface area contributed by atoms with Crippen molar-refractivity contribution in [2.24, 2.45) is 0 Å². The van der Waals surface area contributed by atoms with Crippen LogP contribution >= 0.6 is 14.3 Å². The number of aromatic nitrogens is 4. The molecule has 8 aromatic rings. The molecule has 0 unspecified atom stereocenters. The van der Waals surface area contributed by atoms with Crippen LogP contribution in [-0.2, 0) is 14.5 Å². The first-order valence-electron chi connectivity index (χ1n) is 17.4. The van der Waals surface area contributed by atoms with E-state index >= 15 is 9.13 Å². The fourth-order valence-electron chi connectivity index (χ4n) is 8.43. The van der Waals surface area contributed by atoms with Gasteiger partial charge in [0.25, 0.3) is 0 Å². The van der Waals surface area contributed by atoms with Crippen LogP contribution in [0.1, 0.15) is 22.3 Å². The first-order valence-corrected chi connectivity index (χ1v) is 20.8. The predicted octanol–water partition coefficient (Wildman–Crippen LogP) is 6.89. The first kappa shape index (κ1) is 31.7. The highest BCUT2D eigenvalue weighted by molar-refractivity contribution is 7.85. The van der Waals surface area contributed by atoms with Crippen LogP contribution in [0.4, 0.5) is 0 Å². The second-order valence-corrected chi connectivity index (χ2v) is 18.6. The molecule has 4 aromatic heterocycles. The fraction of sp³-hybridized carbons (Fsp3) is 0.0222. The van der Waals surface area contributed by atoms with Crippen molar-refractivity contribution in [2.45, 2.75) is 5.41 Å². The Labute approximate surface area is 307 Å². The zero-order chi connectivity index (χ0) is 35.6. The van der Waals surface area contributed by atoms with Crippen LogP contribution in [-0.4, -0.2) is 19.9 Å². The summed E-state index contributed by atoms with van der Waals surface area (Å²) < 4.78 is 31.4. The Bertz CT molecular complexity index is 2520. The van der Waals surface area contributed by atoms with Gasteiger partial charge in [0.05, 0.1) is 5.41 Å². The van der Waals surface area contributed by atoms with E-state index in [1.165, 1.54) is 0 Å². The third-order valence-corrected chi connectivity index (χ3v) is 16.3. The second-order valence-electron chi connectivity index (χ2n) is 13.3. The van der Waals surface area contributed by atoms with Crippen molar-refractivity contribution in [3.8, 4) is 22.3 Å². The van der Waals surface area contributed by atoms with Crippen LogP contribution in [0.3, 0.4) is 0 Å². The third kappa shape index (κ3) is 4.40. The van der Waals surface area contributed by atoms with Crippen LogP contribution in [0.15, 0.2) is 183 Å². The summed E-state index contributed by atoms with van der Waals surface area (Å²) in [5.41, 5.74) is 9.68. The number of hydrogen-bond donors (Lipinski definition) is 0. The van der Waals surface area contributed by atoms with Gasteiger partial charge >= 0.3 is 0 Å². The van der Waals surface area contributed by atoms with Gasteiger partial charge < -0.3 is 9.13 Å². The summed E-state index contributed by atoms with van der Waals surface area (Å²) in [5.74, 6) is 0. The molecule has 4 aromatic carbocycles. The van der Waals surface area contributed by atoms with Crippen molar-refractivity contribution in [1.29, 1.82) is 0 Å². The van der Waals surface area contributed by atoms with Gasteiger partial charge in [-0.1, -0.05) is 97.1 Å². The zero-order valence-corrected chi connectivity index (χ0v) is 30.1. The number of fused-ring (bicyclic) bond motifs is 10. The molecule has 8 heteroatoms. The maximum atomic E-state index is 15.7. The lowest BCUT2D eigenvalue weighted by Gasteiger charge is -2.32. The number of hydrogen-bond acceptors (Lipinski definition) is 6. The molecular weight excluding hydrogens is 690 g/mol. The van der Waals surface area contributed by atoms with Gasteiger partial charge in [-0.3, -0.25) is 19.9 Å². The third-order valence-electron chi connectivity index (χ3n) is 10.7. The summed E-state index contributed by atoms with van der Waals surface area (Å²) >= 11 is 0. The summed E-state index contributed by atoms with van der Waals surface area (Å²) in [5, 5.41) is 1.30. The molecule has 2 aliphatic rings. The van der Waals surface area contributed by atoms with Crippen LogP contribution in [0.5, 0.6) is 0 Å². The van der Waals surface area contributed by atoms with E-state index in [0.29, 0.717) is 32.3 Å². The van der Waals surface area contributed by atoms with Crippen molar-refractivity contribution in [3.63, 3.8) is 0 Å². The Morgan fingerprint density at radius 1 is 0.340 bits per heavy atom. The Kier molecular flexibility index (Phi) is 7.17. The van der Waals surface area contributed by atoms with E-state index in [-0.39, 0.29) is 0 Å². The fourth-order valence-corrected chi connectivity index (χ4v) is 13.3. The first-order chi connectivity index (χ1) is 26.1. The zero-order valence-electron chi connectivity index (χ0n) is 28.3. The topological polar surface area (TPSA) is 85.7 Å². The minimum absolute atomic E-state index is 0.476. The SMILES string of the molecule is O=P(c1ccc2c(c1)C1(c3ccccc3-c3ccccc31)c1cc(P(=O)(c3ccccn3)c3ccccn3)ccc1-2)(c1ccccn1)c1ccccn1. The molecule has 252 valence electrons. The maximum Gasteiger partial charge on any atom is 0.205 e. The Morgan fingerprint density at radius 3 is 1.00 bits per heavy atom. The highest BCUT2D eigenvalue weighted by atomic mass is 31.2. The van der Waals surface area contributed by atoms with Crippen LogP contribution in [0.25, 0.3) is 22.3 Å². The molecule has 0 atom stereocenters. The predicted molar refractivity (Wildman–Crippen MR) is 213 cm³/mol. The standard InChI is InChI=1S/C45H30N4O2P2/c50-52(41-17-5-9-25-46-41,42-18-6-10-26-47-42)31-21-23-35-36-24-22-32(53(51,43-19-7-11-27-48-43)44-20-8-12-28-49-44)30-40(36)45(39(35)29-31)37-15-3-1-13-33(37)34-14-2-4-16-38(34)45/h1-30H. The highest BCUT2D eigenvalue weighted by Gasteiger charge is 2.53. The highest BCUT2D eigenvalue weighted by Crippen LogP contribution is 2.63. The lowest BCUT2D eigenvalue weighted by molar-refractivity contribution is 0.590. The molecule has 0 radical (unpaired) electrons. The average Bonchev–Trinajstić information content (AvgIpc) is 3.71. The molecule has 0 saturated heterocycles. The molecule has 0 bridgehead atoms. The van der Waals surface area contributed by atoms with Gasteiger partial charge in [0.1, 0.15) is 21.7 Å². The number of benzene rings is 4. The molecule has 0 saturated carbocycles. The van der Waals surface area contributed by atoms with E-state index < -0.39 is 19.7 Å². The molecule has 6 nitrogen and oxygen atoms in total. The van der Waals surface area contributed by atoms with E-state index in [2.05, 4.69) is 92.7 Å². The normalized spacial score (nSPS) is 13.6. The molecule has 0 fully saturated rings. The monoisotopic (exact) mass is 720 g/mol. The van der Waals surface area contributed by atoms with Gasteiger partial charge in [0, 0.05) is 35.4 Å². The summed E-state index contributed by atoms with van der Waals surface area (Å²) in [7, 11) is -7.06. The minimum Gasteiger partial charge on any atom is -0.305 e. The number of rotatable bonds is 6. The van der Waals surface area contributed by atoms with Gasteiger partial charge in [-0.2, -0.15) is 0 Å². The smallest absolute Gasteiger partial charge is 0.205 e. The quantitative estimate of drug-likeness (QED) is 0.174. The maximum absolute atomic E-state index is 15.7. The van der Waals surface area contributed by atoms with Crippen LogP contribution in [0.2, 0.25) is 0 Å². The summed E-state index contributed by atoms with van der Waals surface area (Å²) in [6.45, 7) is 0. The number of pyridine rings is 4. The Hall–Kier alpha value is -6.06. The Balaban J connectivity index is 1.30. The average molecular weight is 721 g/mol. The summed E-state index contributed by atoms with van der Waals surface area (Å²) in [4.78, 5) is 18.6. The summed E-state index contributed by atoms with van der Waals surface area (Å²) in [6, 6.07) is 51.5. The molecule has 0 aliphatic heterocycles. The van der Waals surface area contributed by atoms with Crippen molar-refractivity contribution < 1.29 is 9.13 Å². The van der Waals surface area contributed by atoms with Crippen molar-refractivity contribution >= 4 is 46.6 Å². The van der Waals surface area contributed by atoms with Gasteiger partial charge in [0.15, 0.2) is 0 Å². The van der Waals surface area contributed by atoms with Crippen molar-refractivity contribution in [3.05, 3.63) is 205 Å². The van der Waals surface area contributed by atoms with Gasteiger partial charge in [-0.25, -0.2) is 0 Å². The van der Waals surface area contributed by atoms with Gasteiger partial charge in [0.2, 0.25) is 14.3 Å². The van der Waals surface area contributed by atoms with Gasteiger partial charge in [-0.05, 0) is 105 Å². The van der Waals surface area contributed by atoms with E-state index in [1.807, 2.05) is 84.9 Å². The van der Waals surface area contributed by atoms with Gasteiger partial charge in [-0.15, -0.1) is 0 Å². The van der Waals surface area contributed by atoms with Crippen LogP contribution < -0.4 is 32.3 Å². The largest absolute Gasteiger partial charge is 0.305 e. The minimum atomic E-state index is -3.53. The molecule has 10 rings (SSSR count). The van der Waals surface area contributed by atoms with Crippen LogP contribution in [0, 0.1) is 0 Å². The summed E-state index contributed by atoms with van der Waals surface area (Å²) in [6.07, 6.45) is 6.73. The molecule has 53 heavy (non-hydrogen) atoms. The molecule has 1 spiro atoms. The second kappa shape index (κ2) is 12.0. The van der Waals surface area contributed by atoms with Crippen molar-refractivity contribution in [2.75, 3.05) is 0 Å². The molecule has 4 heterocycles. The van der Waals surface area contributed by atoms with E-state index in [1.54, 1.807) is 24.8 Å². The molecule has 2 aliphatic carbocycles. The molecule has 0 N–H and O–H groups in total. The lowest BCUT2D eigenvalue weighted by atomic mass is 9.70. The Morgan fingerprint density at radius 2 is 0.660 bits per heavy atom. The van der Waals surface area contributed by atoms with E-state index in [9.17, 15) is 0 Å². The lowest BCUT2D eigenvalue weighted by Crippen LogP contribution is -2.32. The molecular formula is C45H30N4O2P2.